The van der Waals surface area contributed by atoms with Crippen LogP contribution in [0.5, 0.6) is 5.75 Å². The van der Waals surface area contributed by atoms with Crippen LogP contribution in [0.4, 0.5) is 11.4 Å². The van der Waals surface area contributed by atoms with Crippen LogP contribution >= 0.6 is 0 Å². The molecule has 0 spiro atoms. The van der Waals surface area contributed by atoms with E-state index in [2.05, 4.69) is 5.32 Å². The van der Waals surface area contributed by atoms with Crippen LogP contribution < -0.4 is 15.0 Å². The molecule has 26 heavy (non-hydrogen) atoms. The molecule has 0 radical (unpaired) electrons. The second kappa shape index (κ2) is 8.04. The minimum atomic E-state index is -1.21. The van der Waals surface area contributed by atoms with Gasteiger partial charge in [-0.25, -0.2) is 0 Å². The lowest BCUT2D eigenvalue weighted by Gasteiger charge is -2.30. The predicted molar refractivity (Wildman–Crippen MR) is 105 cm³/mol. The average Bonchev–Trinajstić information content (AvgIpc) is 2.63. The zero-order valence-corrected chi connectivity index (χ0v) is 16.0. The van der Waals surface area contributed by atoms with Gasteiger partial charge in [0.15, 0.2) is 0 Å². The van der Waals surface area contributed by atoms with Crippen LogP contribution in [-0.2, 0) is 9.59 Å². The van der Waals surface area contributed by atoms with Gasteiger partial charge in [0.2, 0.25) is 11.8 Å². The number of ether oxygens (including phenoxy) is 1. The number of aryl methyl sites for hydroxylation is 1. The van der Waals surface area contributed by atoms with Gasteiger partial charge in [-0.1, -0.05) is 12.1 Å². The van der Waals surface area contributed by atoms with Gasteiger partial charge < -0.3 is 15.0 Å². The lowest BCUT2D eigenvalue weighted by molar-refractivity contribution is -0.136. The Labute approximate surface area is 155 Å². The molecule has 5 nitrogen and oxygen atoms in total. The molecule has 2 amide bonds. The van der Waals surface area contributed by atoms with Crippen LogP contribution in [-0.4, -0.2) is 25.5 Å². The topological polar surface area (TPSA) is 58.6 Å². The van der Waals surface area contributed by atoms with Gasteiger partial charge in [0.1, 0.15) is 11.2 Å². The fourth-order valence-electron chi connectivity index (χ4n) is 2.64. The lowest BCUT2D eigenvalue weighted by Crippen LogP contribution is -2.47. The Morgan fingerprint density at radius 2 is 1.77 bits per heavy atom. The van der Waals surface area contributed by atoms with E-state index in [1.807, 2.05) is 38.1 Å². The molecule has 0 aliphatic carbocycles. The number of methoxy groups -OCH3 is 1. The second-order valence-corrected chi connectivity index (χ2v) is 6.70. The highest BCUT2D eigenvalue weighted by Gasteiger charge is 2.39. The van der Waals surface area contributed by atoms with Gasteiger partial charge in [-0.3, -0.25) is 9.59 Å². The SMILES string of the molecule is CCN(C(=O)C(C)(C)C(=O)Nc1ccc(OC)cc1)c1cccc(C)c1. The van der Waals surface area contributed by atoms with Gasteiger partial charge in [0.25, 0.3) is 0 Å². The van der Waals surface area contributed by atoms with Crippen LogP contribution in [0.25, 0.3) is 0 Å². The largest absolute Gasteiger partial charge is 0.497 e. The first-order valence-electron chi connectivity index (χ1n) is 8.63. The van der Waals surface area contributed by atoms with Crippen molar-refractivity contribution in [3.63, 3.8) is 0 Å². The van der Waals surface area contributed by atoms with Crippen molar-refractivity contribution in [3.05, 3.63) is 54.1 Å². The third-order valence-electron chi connectivity index (χ3n) is 4.32. The van der Waals surface area contributed by atoms with E-state index in [1.54, 1.807) is 50.1 Å². The Kier molecular flexibility index (Phi) is 6.03. The minimum Gasteiger partial charge on any atom is -0.497 e. The van der Waals surface area contributed by atoms with Crippen molar-refractivity contribution in [2.24, 2.45) is 5.41 Å². The van der Waals surface area contributed by atoms with E-state index >= 15 is 0 Å². The summed E-state index contributed by atoms with van der Waals surface area (Å²) in [5, 5.41) is 2.81. The summed E-state index contributed by atoms with van der Waals surface area (Å²) in [5.74, 6) is 0.116. The number of carbonyl (C=O) groups excluding carboxylic acids is 2. The van der Waals surface area contributed by atoms with Crippen molar-refractivity contribution in [1.29, 1.82) is 0 Å². The van der Waals surface area contributed by atoms with Crippen molar-refractivity contribution in [2.75, 3.05) is 23.9 Å². The first kappa shape index (κ1) is 19.5. The highest BCUT2D eigenvalue weighted by Crippen LogP contribution is 2.26. The van der Waals surface area contributed by atoms with Crippen LogP contribution in [0.1, 0.15) is 26.3 Å². The van der Waals surface area contributed by atoms with E-state index in [9.17, 15) is 9.59 Å². The summed E-state index contributed by atoms with van der Waals surface area (Å²) in [5.41, 5.74) is 1.27. The Bertz CT molecular complexity index is 782. The van der Waals surface area contributed by atoms with Crippen molar-refractivity contribution in [2.45, 2.75) is 27.7 Å². The quantitative estimate of drug-likeness (QED) is 0.797. The van der Waals surface area contributed by atoms with E-state index in [0.29, 0.717) is 18.0 Å². The smallest absolute Gasteiger partial charge is 0.242 e. The fraction of sp³-hybridized carbons (Fsp3) is 0.333. The molecule has 0 bridgehead atoms. The molecule has 0 saturated heterocycles. The molecule has 1 N–H and O–H groups in total. The number of nitrogens with one attached hydrogen (secondary N) is 1. The number of rotatable bonds is 6. The molecular weight excluding hydrogens is 328 g/mol. The number of anilines is 2. The molecule has 0 aliphatic rings. The summed E-state index contributed by atoms with van der Waals surface area (Å²) in [4.78, 5) is 27.5. The normalized spacial score (nSPS) is 11.0. The van der Waals surface area contributed by atoms with Gasteiger partial charge in [-0.2, -0.15) is 0 Å². The standard InChI is InChI=1S/C21H26N2O3/c1-6-23(17-9-7-8-15(2)14-17)20(25)21(3,4)19(24)22-16-10-12-18(26-5)13-11-16/h7-14H,6H2,1-5H3,(H,22,24). The molecule has 2 rings (SSSR count). The zero-order valence-electron chi connectivity index (χ0n) is 16.0. The molecule has 138 valence electrons. The van der Waals surface area contributed by atoms with E-state index < -0.39 is 5.41 Å². The Morgan fingerprint density at radius 3 is 2.31 bits per heavy atom. The highest BCUT2D eigenvalue weighted by atomic mass is 16.5. The highest BCUT2D eigenvalue weighted by molar-refractivity contribution is 6.14. The summed E-state index contributed by atoms with van der Waals surface area (Å²) in [6.07, 6.45) is 0. The Balaban J connectivity index is 2.19. The maximum atomic E-state index is 13.1. The van der Waals surface area contributed by atoms with Crippen LogP contribution in [0.15, 0.2) is 48.5 Å². The lowest BCUT2D eigenvalue weighted by atomic mass is 9.89. The summed E-state index contributed by atoms with van der Waals surface area (Å²) in [6, 6.07) is 14.7. The molecular formula is C21H26N2O3. The third-order valence-corrected chi connectivity index (χ3v) is 4.32. The number of hydrogen-bond donors (Lipinski definition) is 1. The first-order chi connectivity index (χ1) is 12.3. The van der Waals surface area contributed by atoms with Crippen LogP contribution in [0.2, 0.25) is 0 Å². The Morgan fingerprint density at radius 1 is 1.12 bits per heavy atom. The van der Waals surface area contributed by atoms with Crippen LogP contribution in [0, 0.1) is 12.3 Å². The van der Waals surface area contributed by atoms with E-state index in [-0.39, 0.29) is 11.8 Å². The fourth-order valence-corrected chi connectivity index (χ4v) is 2.64. The molecule has 0 unspecified atom stereocenters. The summed E-state index contributed by atoms with van der Waals surface area (Å²) < 4.78 is 5.11. The number of nitrogens with zero attached hydrogens (tertiary/aromatic N) is 1. The average molecular weight is 354 g/mol. The predicted octanol–water partition coefficient (Wildman–Crippen LogP) is 4.02. The third kappa shape index (κ3) is 4.23. The van der Waals surface area contributed by atoms with E-state index in [1.165, 1.54) is 0 Å². The van der Waals surface area contributed by atoms with Crippen molar-refractivity contribution < 1.29 is 14.3 Å². The molecule has 5 heteroatoms. The summed E-state index contributed by atoms with van der Waals surface area (Å²) in [7, 11) is 1.58. The van der Waals surface area contributed by atoms with Gasteiger partial charge >= 0.3 is 0 Å². The monoisotopic (exact) mass is 354 g/mol. The van der Waals surface area contributed by atoms with Gasteiger partial charge in [-0.05, 0) is 69.7 Å². The number of hydrogen-bond acceptors (Lipinski definition) is 3. The molecule has 0 heterocycles. The second-order valence-electron chi connectivity index (χ2n) is 6.70. The summed E-state index contributed by atoms with van der Waals surface area (Å²) in [6.45, 7) is 7.65. The van der Waals surface area contributed by atoms with E-state index in [0.717, 1.165) is 11.3 Å². The van der Waals surface area contributed by atoms with Gasteiger partial charge in [0, 0.05) is 17.9 Å². The van der Waals surface area contributed by atoms with Crippen molar-refractivity contribution >= 4 is 23.2 Å². The molecule has 0 fully saturated rings. The Hall–Kier alpha value is -2.82. The molecule has 0 saturated carbocycles. The van der Waals surface area contributed by atoms with Gasteiger partial charge in [0.05, 0.1) is 7.11 Å². The van der Waals surface area contributed by atoms with E-state index in [4.69, 9.17) is 4.74 Å². The molecule has 0 aromatic heterocycles. The summed E-state index contributed by atoms with van der Waals surface area (Å²) >= 11 is 0. The number of benzene rings is 2. The van der Waals surface area contributed by atoms with Crippen LogP contribution in [0.3, 0.4) is 0 Å². The maximum Gasteiger partial charge on any atom is 0.242 e. The van der Waals surface area contributed by atoms with Gasteiger partial charge in [-0.15, -0.1) is 0 Å². The number of carbonyl (C=O) groups is 2. The minimum absolute atomic E-state index is 0.239. The first-order valence-corrected chi connectivity index (χ1v) is 8.63. The molecule has 2 aromatic carbocycles. The van der Waals surface area contributed by atoms with Crippen molar-refractivity contribution in [3.8, 4) is 5.75 Å². The maximum absolute atomic E-state index is 13.1. The van der Waals surface area contributed by atoms with Crippen molar-refractivity contribution in [1.82, 2.24) is 0 Å². The molecule has 0 aliphatic heterocycles. The number of amides is 2. The zero-order chi connectivity index (χ0) is 19.3. The molecule has 0 atom stereocenters. The molecule has 2 aromatic rings.